The van der Waals surface area contributed by atoms with Gasteiger partial charge in [0.15, 0.2) is 0 Å². The van der Waals surface area contributed by atoms with Crippen molar-refractivity contribution in [2.75, 3.05) is 12.7 Å². The van der Waals surface area contributed by atoms with Crippen LogP contribution in [0.3, 0.4) is 0 Å². The monoisotopic (exact) mass is 255 g/mol. The smallest absolute Gasteiger partial charge is 0.207 e. The van der Waals surface area contributed by atoms with Gasteiger partial charge in [0.2, 0.25) is 7.37 Å². The standard InChI is InChI=1S/C13H22NO2P/c1-12(2)16-17(15,10-6-9-14)11-13-7-4-3-5-8-13/h3-5,7-8,12H,6,9-11,14H2,1-2H3. The van der Waals surface area contributed by atoms with Gasteiger partial charge in [0, 0.05) is 12.3 Å². The lowest BCUT2D eigenvalue weighted by molar-refractivity contribution is 0.242. The predicted molar refractivity (Wildman–Crippen MR) is 72.5 cm³/mol. The van der Waals surface area contributed by atoms with E-state index in [4.69, 9.17) is 10.3 Å². The van der Waals surface area contributed by atoms with Crippen molar-refractivity contribution in [3.05, 3.63) is 35.9 Å². The molecule has 0 heterocycles. The number of rotatable bonds is 7. The van der Waals surface area contributed by atoms with Crippen LogP contribution in [0, 0.1) is 0 Å². The van der Waals surface area contributed by atoms with Gasteiger partial charge in [-0.25, -0.2) is 0 Å². The summed E-state index contributed by atoms with van der Waals surface area (Å²) in [6, 6.07) is 9.84. The minimum atomic E-state index is -2.59. The number of benzene rings is 1. The molecule has 17 heavy (non-hydrogen) atoms. The van der Waals surface area contributed by atoms with E-state index >= 15 is 0 Å². The van der Waals surface area contributed by atoms with Crippen molar-refractivity contribution in [2.45, 2.75) is 32.5 Å². The van der Waals surface area contributed by atoms with Crippen LogP contribution < -0.4 is 5.73 Å². The highest BCUT2D eigenvalue weighted by Gasteiger charge is 2.24. The molecule has 1 unspecified atom stereocenters. The van der Waals surface area contributed by atoms with Crippen molar-refractivity contribution in [3.8, 4) is 0 Å². The van der Waals surface area contributed by atoms with Crippen LogP contribution in [0.4, 0.5) is 0 Å². The lowest BCUT2D eigenvalue weighted by atomic mass is 10.2. The molecule has 1 aromatic rings. The van der Waals surface area contributed by atoms with Gasteiger partial charge in [-0.05, 0) is 32.4 Å². The molecule has 1 atom stereocenters. The molecular formula is C13H22NO2P. The quantitative estimate of drug-likeness (QED) is 0.761. The Kier molecular flexibility index (Phi) is 5.90. The fourth-order valence-electron chi connectivity index (χ4n) is 1.75. The van der Waals surface area contributed by atoms with Crippen LogP contribution in [-0.2, 0) is 15.3 Å². The van der Waals surface area contributed by atoms with Crippen LogP contribution in [0.15, 0.2) is 30.3 Å². The molecule has 96 valence electrons. The van der Waals surface area contributed by atoms with Gasteiger partial charge in [-0.15, -0.1) is 0 Å². The first-order valence-electron chi connectivity index (χ1n) is 6.06. The third-order valence-electron chi connectivity index (χ3n) is 2.37. The lowest BCUT2D eigenvalue weighted by Gasteiger charge is -2.21. The normalized spacial score (nSPS) is 14.8. The highest BCUT2D eigenvalue weighted by atomic mass is 31.2. The summed E-state index contributed by atoms with van der Waals surface area (Å²) in [7, 11) is -2.59. The molecule has 1 rings (SSSR count). The molecule has 2 N–H and O–H groups in total. The summed E-state index contributed by atoms with van der Waals surface area (Å²) in [4.78, 5) is 0. The van der Waals surface area contributed by atoms with Crippen molar-refractivity contribution < 1.29 is 9.09 Å². The maximum absolute atomic E-state index is 12.7. The summed E-state index contributed by atoms with van der Waals surface area (Å²) < 4.78 is 18.3. The van der Waals surface area contributed by atoms with E-state index in [-0.39, 0.29) is 6.10 Å². The Balaban J connectivity index is 2.73. The first kappa shape index (κ1) is 14.4. The van der Waals surface area contributed by atoms with Gasteiger partial charge in [0.25, 0.3) is 0 Å². The van der Waals surface area contributed by atoms with Gasteiger partial charge in [-0.1, -0.05) is 30.3 Å². The Hall–Kier alpha value is -0.630. The van der Waals surface area contributed by atoms with Gasteiger partial charge in [0.1, 0.15) is 0 Å². The molecule has 0 bridgehead atoms. The van der Waals surface area contributed by atoms with E-state index in [1.165, 1.54) is 0 Å². The van der Waals surface area contributed by atoms with Gasteiger partial charge < -0.3 is 10.3 Å². The van der Waals surface area contributed by atoms with Gasteiger partial charge in [-0.3, -0.25) is 4.57 Å². The summed E-state index contributed by atoms with van der Waals surface area (Å²) in [5.74, 6) is 0. The van der Waals surface area contributed by atoms with Crippen LogP contribution in [0.1, 0.15) is 25.8 Å². The highest BCUT2D eigenvalue weighted by molar-refractivity contribution is 7.58. The number of hydrogen-bond donors (Lipinski definition) is 1. The zero-order chi connectivity index (χ0) is 12.7. The van der Waals surface area contributed by atoms with Crippen molar-refractivity contribution in [1.82, 2.24) is 0 Å². The van der Waals surface area contributed by atoms with E-state index in [0.29, 0.717) is 18.9 Å². The fourth-order valence-corrected chi connectivity index (χ4v) is 4.29. The van der Waals surface area contributed by atoms with E-state index in [1.54, 1.807) is 0 Å². The van der Waals surface area contributed by atoms with Crippen LogP contribution >= 0.6 is 7.37 Å². The van der Waals surface area contributed by atoms with Crippen LogP contribution in [-0.4, -0.2) is 18.8 Å². The summed E-state index contributed by atoms with van der Waals surface area (Å²) in [6.07, 6.45) is 1.81. The minimum absolute atomic E-state index is 0.0117. The molecule has 0 amide bonds. The average molecular weight is 255 g/mol. The van der Waals surface area contributed by atoms with E-state index in [2.05, 4.69) is 0 Å². The van der Waals surface area contributed by atoms with Crippen molar-refractivity contribution in [1.29, 1.82) is 0 Å². The molecule has 0 aromatic heterocycles. The molecule has 0 saturated carbocycles. The molecule has 1 aromatic carbocycles. The zero-order valence-electron chi connectivity index (χ0n) is 10.6. The molecule has 0 aliphatic rings. The second-order valence-corrected chi connectivity index (χ2v) is 7.08. The Labute approximate surface area is 104 Å². The first-order chi connectivity index (χ1) is 8.06. The SMILES string of the molecule is CC(C)OP(=O)(CCCN)Cc1ccccc1. The van der Waals surface area contributed by atoms with Crippen molar-refractivity contribution >= 4 is 7.37 Å². The molecule has 0 aliphatic heterocycles. The first-order valence-corrected chi connectivity index (χ1v) is 8.06. The van der Waals surface area contributed by atoms with E-state index in [0.717, 1.165) is 12.0 Å². The molecule has 0 aliphatic carbocycles. The molecule has 3 nitrogen and oxygen atoms in total. The van der Waals surface area contributed by atoms with Crippen LogP contribution in [0.5, 0.6) is 0 Å². The summed E-state index contributed by atoms with van der Waals surface area (Å²) in [5.41, 5.74) is 6.55. The predicted octanol–water partition coefficient (Wildman–Crippen LogP) is 3.24. The van der Waals surface area contributed by atoms with E-state index < -0.39 is 7.37 Å². The van der Waals surface area contributed by atoms with Gasteiger partial charge >= 0.3 is 0 Å². The van der Waals surface area contributed by atoms with Crippen LogP contribution in [0.2, 0.25) is 0 Å². The lowest BCUT2D eigenvalue weighted by Crippen LogP contribution is -2.09. The Morgan fingerprint density at radius 1 is 1.29 bits per heavy atom. The van der Waals surface area contributed by atoms with Crippen molar-refractivity contribution in [3.63, 3.8) is 0 Å². The Morgan fingerprint density at radius 2 is 1.94 bits per heavy atom. The topological polar surface area (TPSA) is 52.3 Å². The highest BCUT2D eigenvalue weighted by Crippen LogP contribution is 2.51. The molecule has 0 saturated heterocycles. The van der Waals surface area contributed by atoms with E-state index in [9.17, 15) is 4.57 Å². The third-order valence-corrected chi connectivity index (χ3v) is 5.02. The molecular weight excluding hydrogens is 233 g/mol. The molecule has 4 heteroatoms. The molecule has 0 radical (unpaired) electrons. The van der Waals surface area contributed by atoms with Crippen LogP contribution in [0.25, 0.3) is 0 Å². The van der Waals surface area contributed by atoms with Crippen molar-refractivity contribution in [2.24, 2.45) is 5.73 Å². The number of nitrogens with two attached hydrogens (primary N) is 1. The second-order valence-electron chi connectivity index (χ2n) is 4.48. The Morgan fingerprint density at radius 3 is 2.47 bits per heavy atom. The van der Waals surface area contributed by atoms with Gasteiger partial charge in [0.05, 0.1) is 6.10 Å². The molecule has 0 spiro atoms. The third kappa shape index (κ3) is 5.49. The zero-order valence-corrected chi connectivity index (χ0v) is 11.5. The maximum atomic E-state index is 12.7. The van der Waals surface area contributed by atoms with E-state index in [1.807, 2.05) is 44.2 Å². The maximum Gasteiger partial charge on any atom is 0.207 e. The number of hydrogen-bond acceptors (Lipinski definition) is 3. The fraction of sp³-hybridized carbons (Fsp3) is 0.538. The molecule has 0 fully saturated rings. The minimum Gasteiger partial charge on any atom is -0.330 e. The Bertz CT molecular complexity index is 365. The summed E-state index contributed by atoms with van der Waals surface area (Å²) in [5, 5.41) is 0. The summed E-state index contributed by atoms with van der Waals surface area (Å²) >= 11 is 0. The second kappa shape index (κ2) is 6.95. The largest absolute Gasteiger partial charge is 0.330 e. The summed E-state index contributed by atoms with van der Waals surface area (Å²) in [6.45, 7) is 4.39. The van der Waals surface area contributed by atoms with Gasteiger partial charge in [-0.2, -0.15) is 0 Å². The average Bonchev–Trinajstić information content (AvgIpc) is 2.26.